The summed E-state index contributed by atoms with van der Waals surface area (Å²) < 4.78 is 63.9. The first-order valence-corrected chi connectivity index (χ1v) is 8.97. The van der Waals surface area contributed by atoms with Gasteiger partial charge in [-0.3, -0.25) is 0 Å². The Bertz CT molecular complexity index is 1040. The Morgan fingerprint density at radius 1 is 1.00 bits per heavy atom. The summed E-state index contributed by atoms with van der Waals surface area (Å²) in [6.45, 7) is 1.83. The van der Waals surface area contributed by atoms with Crippen molar-refractivity contribution in [1.82, 2.24) is 9.78 Å². The van der Waals surface area contributed by atoms with Crippen LogP contribution in [0, 0.1) is 6.92 Å². The first kappa shape index (κ1) is 18.2. The van der Waals surface area contributed by atoms with E-state index in [-0.39, 0.29) is 16.3 Å². The first-order valence-electron chi connectivity index (χ1n) is 7.43. The molecule has 0 fully saturated rings. The van der Waals surface area contributed by atoms with Crippen LogP contribution in [-0.4, -0.2) is 18.2 Å². The Balaban J connectivity index is 2.11. The Labute approximate surface area is 147 Å². The molecule has 0 saturated heterocycles. The molecule has 0 amide bonds. The van der Waals surface area contributed by atoms with Crippen molar-refractivity contribution in [3.05, 3.63) is 65.9 Å². The molecule has 0 atom stereocenters. The number of rotatable bonds is 3. The molecule has 136 valence electrons. The number of aromatic nitrogens is 2. The molecule has 0 radical (unpaired) electrons. The molecule has 5 nitrogen and oxygen atoms in total. The topological polar surface area (TPSA) is 78.0 Å². The molecule has 1 heterocycles. The van der Waals surface area contributed by atoms with E-state index < -0.39 is 21.8 Å². The molecular weight excluding hydrogens is 367 g/mol. The molecule has 0 spiro atoms. The molecule has 0 aliphatic heterocycles. The van der Waals surface area contributed by atoms with Crippen LogP contribution in [0.15, 0.2) is 59.6 Å². The summed E-state index contributed by atoms with van der Waals surface area (Å²) in [5.41, 5.74) is 0.453. The smallest absolute Gasteiger partial charge is 0.240 e. The molecule has 26 heavy (non-hydrogen) atoms. The summed E-state index contributed by atoms with van der Waals surface area (Å²) in [6, 6.07) is 11.7. The fourth-order valence-corrected chi connectivity index (χ4v) is 2.94. The van der Waals surface area contributed by atoms with Crippen LogP contribution < -0.4 is 5.14 Å². The second-order valence-corrected chi connectivity index (χ2v) is 7.30. The van der Waals surface area contributed by atoms with Crippen molar-refractivity contribution < 1.29 is 21.6 Å². The fourth-order valence-electron chi connectivity index (χ4n) is 2.43. The van der Waals surface area contributed by atoms with E-state index in [0.717, 1.165) is 16.4 Å². The van der Waals surface area contributed by atoms with E-state index in [1.54, 1.807) is 24.3 Å². The monoisotopic (exact) mass is 381 g/mol. The quantitative estimate of drug-likeness (QED) is 0.754. The van der Waals surface area contributed by atoms with Crippen LogP contribution in [0.1, 0.15) is 11.1 Å². The number of nitrogens with two attached hydrogens (primary N) is 1. The van der Waals surface area contributed by atoms with Crippen LogP contribution in [0.25, 0.3) is 16.9 Å². The van der Waals surface area contributed by atoms with Crippen molar-refractivity contribution in [1.29, 1.82) is 0 Å². The van der Waals surface area contributed by atoms with E-state index in [4.69, 9.17) is 5.14 Å². The zero-order valence-electron chi connectivity index (χ0n) is 13.5. The van der Waals surface area contributed by atoms with Gasteiger partial charge >= 0.3 is 6.18 Å². The van der Waals surface area contributed by atoms with Crippen molar-refractivity contribution in [2.24, 2.45) is 5.14 Å². The van der Waals surface area contributed by atoms with E-state index in [1.165, 1.54) is 24.3 Å². The van der Waals surface area contributed by atoms with Gasteiger partial charge in [0.1, 0.15) is 11.3 Å². The van der Waals surface area contributed by atoms with Crippen LogP contribution in [0.2, 0.25) is 0 Å². The number of aryl methyl sites for hydroxylation is 1. The van der Waals surface area contributed by atoms with E-state index in [0.29, 0.717) is 5.56 Å². The number of hydrogen-bond donors (Lipinski definition) is 1. The molecule has 0 bridgehead atoms. The summed E-state index contributed by atoms with van der Waals surface area (Å²) in [5, 5.41) is 9.07. The Hall–Kier alpha value is -2.65. The molecule has 0 saturated carbocycles. The van der Waals surface area contributed by atoms with E-state index in [9.17, 15) is 21.6 Å². The lowest BCUT2D eigenvalue weighted by molar-refractivity contribution is -0.137. The maximum atomic E-state index is 13.4. The van der Waals surface area contributed by atoms with Crippen LogP contribution in [-0.2, 0) is 16.2 Å². The molecule has 2 N–H and O–H groups in total. The van der Waals surface area contributed by atoms with Crippen LogP contribution in [0.5, 0.6) is 0 Å². The summed E-state index contributed by atoms with van der Waals surface area (Å²) >= 11 is 0. The van der Waals surface area contributed by atoms with Gasteiger partial charge in [-0.05, 0) is 31.2 Å². The lowest BCUT2D eigenvalue weighted by Gasteiger charge is -2.06. The lowest BCUT2D eigenvalue weighted by Crippen LogP contribution is -2.12. The minimum atomic E-state index is -4.58. The van der Waals surface area contributed by atoms with E-state index in [2.05, 4.69) is 5.10 Å². The lowest BCUT2D eigenvalue weighted by atomic mass is 10.1. The largest absolute Gasteiger partial charge is 0.420 e. The molecule has 0 aliphatic carbocycles. The van der Waals surface area contributed by atoms with Gasteiger partial charge in [-0.15, -0.1) is 0 Å². The number of nitrogens with zero attached hydrogens (tertiary/aromatic N) is 2. The maximum Gasteiger partial charge on any atom is 0.420 e. The third-order valence-electron chi connectivity index (χ3n) is 3.77. The molecule has 3 aromatic rings. The van der Waals surface area contributed by atoms with Crippen molar-refractivity contribution in [2.45, 2.75) is 18.0 Å². The second kappa shape index (κ2) is 6.26. The zero-order chi connectivity index (χ0) is 19.1. The van der Waals surface area contributed by atoms with Gasteiger partial charge < -0.3 is 0 Å². The van der Waals surface area contributed by atoms with Gasteiger partial charge in [0, 0.05) is 11.8 Å². The van der Waals surface area contributed by atoms with Crippen molar-refractivity contribution >= 4 is 10.0 Å². The number of hydrogen-bond acceptors (Lipinski definition) is 3. The van der Waals surface area contributed by atoms with Gasteiger partial charge in [0.05, 0.1) is 10.6 Å². The highest BCUT2D eigenvalue weighted by Gasteiger charge is 2.36. The third kappa shape index (κ3) is 3.63. The zero-order valence-corrected chi connectivity index (χ0v) is 14.3. The van der Waals surface area contributed by atoms with Gasteiger partial charge in [0.2, 0.25) is 10.0 Å². The van der Waals surface area contributed by atoms with Gasteiger partial charge in [-0.25, -0.2) is 18.2 Å². The molecule has 1 aromatic heterocycles. The molecular formula is C17H14F3N3O2S. The number of alkyl halides is 3. The van der Waals surface area contributed by atoms with Gasteiger partial charge in [-0.1, -0.05) is 29.8 Å². The highest BCUT2D eigenvalue weighted by Crippen LogP contribution is 2.37. The van der Waals surface area contributed by atoms with Crippen molar-refractivity contribution in [3.8, 4) is 16.9 Å². The SMILES string of the molecule is Cc1ccc(-c2nn(-c3ccc(S(N)(=O)=O)cc3)cc2C(F)(F)F)cc1. The highest BCUT2D eigenvalue weighted by atomic mass is 32.2. The number of benzene rings is 2. The molecule has 0 aliphatic rings. The predicted molar refractivity (Wildman–Crippen MR) is 90.1 cm³/mol. The average molecular weight is 381 g/mol. The maximum absolute atomic E-state index is 13.4. The second-order valence-electron chi connectivity index (χ2n) is 5.74. The summed E-state index contributed by atoms with van der Waals surface area (Å²) in [7, 11) is -3.88. The Morgan fingerprint density at radius 2 is 1.58 bits per heavy atom. The number of primary sulfonamides is 1. The molecule has 2 aromatic carbocycles. The van der Waals surface area contributed by atoms with E-state index in [1.807, 2.05) is 6.92 Å². The van der Waals surface area contributed by atoms with Gasteiger partial charge in [0.15, 0.2) is 0 Å². The normalized spacial score (nSPS) is 12.3. The Morgan fingerprint density at radius 3 is 2.08 bits per heavy atom. The minimum Gasteiger partial charge on any atom is -0.240 e. The summed E-state index contributed by atoms with van der Waals surface area (Å²) in [5.74, 6) is 0. The predicted octanol–water partition coefficient (Wildman–Crippen LogP) is 3.51. The van der Waals surface area contributed by atoms with E-state index >= 15 is 0 Å². The van der Waals surface area contributed by atoms with Crippen LogP contribution in [0.3, 0.4) is 0 Å². The molecule has 0 unspecified atom stereocenters. The van der Waals surface area contributed by atoms with Crippen molar-refractivity contribution in [2.75, 3.05) is 0 Å². The van der Waals surface area contributed by atoms with Crippen LogP contribution in [0.4, 0.5) is 13.2 Å². The number of sulfonamides is 1. The van der Waals surface area contributed by atoms with Gasteiger partial charge in [0.25, 0.3) is 0 Å². The standard InChI is InChI=1S/C17H14F3N3O2S/c1-11-2-4-12(5-3-11)16-15(17(18,19)20)10-23(22-16)13-6-8-14(9-7-13)26(21,24)25/h2-10H,1H3,(H2,21,24,25). The third-order valence-corrected chi connectivity index (χ3v) is 4.70. The average Bonchev–Trinajstić information content (AvgIpc) is 3.00. The van der Waals surface area contributed by atoms with Crippen molar-refractivity contribution in [3.63, 3.8) is 0 Å². The van der Waals surface area contributed by atoms with Gasteiger partial charge in [-0.2, -0.15) is 18.3 Å². The first-order chi connectivity index (χ1) is 12.1. The fraction of sp³-hybridized carbons (Fsp3) is 0.118. The number of halogens is 3. The summed E-state index contributed by atoms with van der Waals surface area (Å²) in [6.07, 6.45) is -3.71. The van der Waals surface area contributed by atoms with Crippen LogP contribution >= 0.6 is 0 Å². The minimum absolute atomic E-state index is 0.136. The summed E-state index contributed by atoms with van der Waals surface area (Å²) in [4.78, 5) is -0.136. The highest BCUT2D eigenvalue weighted by molar-refractivity contribution is 7.89. The molecule has 3 rings (SSSR count). The molecule has 9 heteroatoms. The Kier molecular flexibility index (Phi) is 4.37.